The number of pyridine rings is 1. The maximum Gasteiger partial charge on any atom is 0.0991 e. The van der Waals surface area contributed by atoms with Crippen LogP contribution >= 0.6 is 0 Å². The van der Waals surface area contributed by atoms with Crippen LogP contribution in [0.1, 0.15) is 31.4 Å². The minimum absolute atomic E-state index is 0.526. The van der Waals surface area contributed by atoms with Crippen LogP contribution in [0.15, 0.2) is 67.5 Å². The van der Waals surface area contributed by atoms with Crippen molar-refractivity contribution in [2.75, 3.05) is 0 Å². The van der Waals surface area contributed by atoms with Crippen molar-refractivity contribution in [3.63, 3.8) is 0 Å². The molecule has 0 spiro atoms. The molecule has 1 atom stereocenters. The third kappa shape index (κ3) is 4.09. The highest BCUT2D eigenvalue weighted by atomic mass is 15.1. The molecule has 0 unspecified atom stereocenters. The SMILES string of the molecule is CC[C@@H](C)N(Cc1ccc(-n2ccnc2)cc1)Cc1cccnc1. The summed E-state index contributed by atoms with van der Waals surface area (Å²) in [6.07, 6.45) is 10.5. The first-order chi connectivity index (χ1) is 11.8. The quantitative estimate of drug-likeness (QED) is 0.658. The van der Waals surface area contributed by atoms with Gasteiger partial charge in [-0.1, -0.05) is 25.1 Å². The van der Waals surface area contributed by atoms with E-state index in [-0.39, 0.29) is 0 Å². The average Bonchev–Trinajstić information content (AvgIpc) is 3.16. The Morgan fingerprint density at radius 2 is 1.79 bits per heavy atom. The summed E-state index contributed by atoms with van der Waals surface area (Å²) in [7, 11) is 0. The largest absolute Gasteiger partial charge is 0.306 e. The molecule has 4 heteroatoms. The summed E-state index contributed by atoms with van der Waals surface area (Å²) in [5.74, 6) is 0. The molecule has 24 heavy (non-hydrogen) atoms. The molecule has 4 nitrogen and oxygen atoms in total. The molecule has 0 fully saturated rings. The lowest BCUT2D eigenvalue weighted by Crippen LogP contribution is -2.31. The molecular weight excluding hydrogens is 296 g/mol. The van der Waals surface area contributed by atoms with E-state index >= 15 is 0 Å². The van der Waals surface area contributed by atoms with Crippen molar-refractivity contribution in [1.29, 1.82) is 0 Å². The van der Waals surface area contributed by atoms with Gasteiger partial charge in [0.25, 0.3) is 0 Å². The Bertz CT molecular complexity index is 720. The lowest BCUT2D eigenvalue weighted by atomic mass is 10.1. The highest BCUT2D eigenvalue weighted by Gasteiger charge is 2.13. The first-order valence-corrected chi connectivity index (χ1v) is 8.46. The second-order valence-corrected chi connectivity index (χ2v) is 6.16. The molecule has 3 rings (SSSR count). The monoisotopic (exact) mass is 320 g/mol. The van der Waals surface area contributed by atoms with Crippen LogP contribution in [0, 0.1) is 0 Å². The average molecular weight is 320 g/mol. The van der Waals surface area contributed by atoms with Gasteiger partial charge >= 0.3 is 0 Å². The highest BCUT2D eigenvalue weighted by Crippen LogP contribution is 2.16. The smallest absolute Gasteiger partial charge is 0.0991 e. The molecule has 0 radical (unpaired) electrons. The lowest BCUT2D eigenvalue weighted by Gasteiger charge is -2.28. The molecule has 0 N–H and O–H groups in total. The fourth-order valence-electron chi connectivity index (χ4n) is 2.77. The first-order valence-electron chi connectivity index (χ1n) is 8.46. The van der Waals surface area contributed by atoms with E-state index < -0.39 is 0 Å². The van der Waals surface area contributed by atoms with Crippen molar-refractivity contribution in [1.82, 2.24) is 19.4 Å². The fraction of sp³-hybridized carbons (Fsp3) is 0.300. The van der Waals surface area contributed by atoms with Gasteiger partial charge in [-0.2, -0.15) is 0 Å². The zero-order valence-corrected chi connectivity index (χ0v) is 14.3. The van der Waals surface area contributed by atoms with Crippen molar-refractivity contribution in [2.45, 2.75) is 39.4 Å². The number of nitrogens with zero attached hydrogens (tertiary/aromatic N) is 4. The van der Waals surface area contributed by atoms with Gasteiger partial charge in [0.05, 0.1) is 6.33 Å². The van der Waals surface area contributed by atoms with Gasteiger partial charge in [0.15, 0.2) is 0 Å². The molecule has 0 saturated heterocycles. The number of hydrogen-bond donors (Lipinski definition) is 0. The van der Waals surface area contributed by atoms with Crippen molar-refractivity contribution in [2.24, 2.45) is 0 Å². The summed E-state index contributed by atoms with van der Waals surface area (Å²) >= 11 is 0. The Kier molecular flexibility index (Phi) is 5.39. The topological polar surface area (TPSA) is 34.0 Å². The molecule has 0 aliphatic heterocycles. The standard InChI is InChI=1S/C20H24N4/c1-3-17(2)24(15-19-5-4-10-21-13-19)14-18-6-8-20(9-7-18)23-12-11-22-16-23/h4-13,16-17H,3,14-15H2,1-2H3/t17-/m1/s1. The van der Waals surface area contributed by atoms with Gasteiger partial charge in [-0.25, -0.2) is 4.98 Å². The molecule has 0 saturated carbocycles. The van der Waals surface area contributed by atoms with E-state index in [0.29, 0.717) is 6.04 Å². The minimum atomic E-state index is 0.526. The van der Waals surface area contributed by atoms with Crippen LogP contribution in [-0.2, 0) is 13.1 Å². The van der Waals surface area contributed by atoms with Crippen LogP contribution < -0.4 is 0 Å². The van der Waals surface area contributed by atoms with Gasteiger partial charge in [0, 0.05) is 49.6 Å². The summed E-state index contributed by atoms with van der Waals surface area (Å²) < 4.78 is 2.02. The number of imidazole rings is 1. The number of aromatic nitrogens is 3. The molecule has 124 valence electrons. The van der Waals surface area contributed by atoms with Crippen LogP contribution in [0.3, 0.4) is 0 Å². The molecule has 0 amide bonds. The second-order valence-electron chi connectivity index (χ2n) is 6.16. The zero-order chi connectivity index (χ0) is 16.8. The Hall–Kier alpha value is -2.46. The van der Waals surface area contributed by atoms with Crippen LogP contribution in [0.2, 0.25) is 0 Å². The van der Waals surface area contributed by atoms with Gasteiger partial charge in [-0.15, -0.1) is 0 Å². The van der Waals surface area contributed by atoms with E-state index in [9.17, 15) is 0 Å². The molecule has 0 bridgehead atoms. The van der Waals surface area contributed by atoms with Gasteiger partial charge in [-0.05, 0) is 42.7 Å². The Morgan fingerprint density at radius 3 is 2.42 bits per heavy atom. The number of hydrogen-bond acceptors (Lipinski definition) is 3. The molecule has 2 aromatic heterocycles. The van der Waals surface area contributed by atoms with E-state index in [1.807, 2.05) is 35.6 Å². The van der Waals surface area contributed by atoms with Gasteiger partial charge < -0.3 is 4.57 Å². The maximum absolute atomic E-state index is 4.23. The maximum atomic E-state index is 4.23. The van der Waals surface area contributed by atoms with E-state index in [1.54, 1.807) is 6.20 Å². The van der Waals surface area contributed by atoms with Crippen molar-refractivity contribution >= 4 is 0 Å². The van der Waals surface area contributed by atoms with E-state index in [4.69, 9.17) is 0 Å². The summed E-state index contributed by atoms with van der Waals surface area (Å²) in [5.41, 5.74) is 3.72. The number of rotatable bonds is 7. The third-order valence-corrected chi connectivity index (χ3v) is 4.45. The first kappa shape index (κ1) is 16.4. The summed E-state index contributed by atoms with van der Waals surface area (Å²) in [5, 5.41) is 0. The van der Waals surface area contributed by atoms with Crippen LogP contribution in [0.25, 0.3) is 5.69 Å². The van der Waals surface area contributed by atoms with Crippen molar-refractivity contribution in [3.8, 4) is 5.69 Å². The predicted octanol–water partition coefficient (Wildman–Crippen LogP) is 4.07. The second kappa shape index (κ2) is 7.88. The molecular formula is C20H24N4. The van der Waals surface area contributed by atoms with Gasteiger partial charge in [0.1, 0.15) is 0 Å². The van der Waals surface area contributed by atoms with Crippen LogP contribution in [0.4, 0.5) is 0 Å². The zero-order valence-electron chi connectivity index (χ0n) is 14.3. The third-order valence-electron chi connectivity index (χ3n) is 4.45. The fourth-order valence-corrected chi connectivity index (χ4v) is 2.77. The van der Waals surface area contributed by atoms with Crippen molar-refractivity contribution < 1.29 is 0 Å². The van der Waals surface area contributed by atoms with Crippen LogP contribution in [-0.4, -0.2) is 25.5 Å². The minimum Gasteiger partial charge on any atom is -0.306 e. The van der Waals surface area contributed by atoms with Gasteiger partial charge in [0.2, 0.25) is 0 Å². The summed E-state index contributed by atoms with van der Waals surface area (Å²) in [6, 6.07) is 13.4. The molecule has 0 aliphatic carbocycles. The van der Waals surface area contributed by atoms with E-state index in [1.165, 1.54) is 11.1 Å². The van der Waals surface area contributed by atoms with Gasteiger partial charge in [-0.3, -0.25) is 9.88 Å². The summed E-state index contributed by atoms with van der Waals surface area (Å²) in [6.45, 7) is 6.39. The predicted molar refractivity (Wildman–Crippen MR) is 96.8 cm³/mol. The Balaban J connectivity index is 1.72. The Labute approximate surface area is 143 Å². The van der Waals surface area contributed by atoms with E-state index in [0.717, 1.165) is 25.2 Å². The normalized spacial score (nSPS) is 12.5. The lowest BCUT2D eigenvalue weighted by molar-refractivity contribution is 0.186. The molecule has 1 aromatic carbocycles. The molecule has 0 aliphatic rings. The summed E-state index contributed by atoms with van der Waals surface area (Å²) in [4.78, 5) is 10.8. The molecule has 2 heterocycles. The van der Waals surface area contributed by atoms with E-state index in [2.05, 4.69) is 59.0 Å². The van der Waals surface area contributed by atoms with Crippen molar-refractivity contribution in [3.05, 3.63) is 78.6 Å². The number of benzene rings is 1. The molecule has 3 aromatic rings. The Morgan fingerprint density at radius 1 is 1.00 bits per heavy atom. The van der Waals surface area contributed by atoms with Crippen LogP contribution in [0.5, 0.6) is 0 Å². The highest BCUT2D eigenvalue weighted by molar-refractivity contribution is 5.34.